The average Bonchev–Trinajstić information content (AvgIpc) is 3.20. The second-order valence-corrected chi connectivity index (χ2v) is 8.32. The first-order valence-electron chi connectivity index (χ1n) is 9.93. The summed E-state index contributed by atoms with van der Waals surface area (Å²) in [5, 5.41) is 12.9. The van der Waals surface area contributed by atoms with E-state index in [2.05, 4.69) is 27.6 Å². The zero-order chi connectivity index (χ0) is 22.3. The molecule has 0 atom stereocenters. The Labute approximate surface area is 195 Å². The van der Waals surface area contributed by atoms with Gasteiger partial charge in [0.25, 0.3) is 0 Å². The van der Waals surface area contributed by atoms with Crippen molar-refractivity contribution < 1.29 is 9.53 Å². The highest BCUT2D eigenvalue weighted by Gasteiger charge is 2.16. The Kier molecular flexibility index (Phi) is 7.09. The highest BCUT2D eigenvalue weighted by Crippen LogP contribution is 2.25. The van der Waals surface area contributed by atoms with E-state index in [-0.39, 0.29) is 11.7 Å². The number of hydrogen-bond donors (Lipinski definition) is 1. The molecule has 0 fully saturated rings. The smallest absolute Gasteiger partial charge is 0.234 e. The number of amides is 1. The van der Waals surface area contributed by atoms with Gasteiger partial charge in [0.05, 0.1) is 12.9 Å². The van der Waals surface area contributed by atoms with Gasteiger partial charge in [-0.2, -0.15) is 0 Å². The Morgan fingerprint density at radius 2 is 1.81 bits per heavy atom. The number of carbonyl (C=O) groups excluding carboxylic acids is 1. The van der Waals surface area contributed by atoms with Crippen LogP contribution < -0.4 is 10.1 Å². The third-order valence-corrected chi connectivity index (χ3v) is 5.84. The van der Waals surface area contributed by atoms with E-state index in [1.807, 2.05) is 47.0 Å². The van der Waals surface area contributed by atoms with Gasteiger partial charge in [-0.15, -0.1) is 10.2 Å². The van der Waals surface area contributed by atoms with E-state index in [4.69, 9.17) is 16.3 Å². The summed E-state index contributed by atoms with van der Waals surface area (Å²) in [6.45, 7) is 0. The zero-order valence-corrected chi connectivity index (χ0v) is 18.9. The lowest BCUT2D eigenvalue weighted by Gasteiger charge is -2.11. The molecule has 0 aliphatic heterocycles. The second kappa shape index (κ2) is 10.3. The van der Waals surface area contributed by atoms with Crippen LogP contribution in [0.3, 0.4) is 0 Å². The van der Waals surface area contributed by atoms with Crippen LogP contribution in [0.2, 0.25) is 5.02 Å². The van der Waals surface area contributed by atoms with E-state index in [1.165, 1.54) is 11.8 Å². The molecule has 1 N–H and O–H groups in total. The molecule has 0 saturated heterocycles. The number of anilines is 1. The molecule has 0 spiro atoms. The number of benzene rings is 3. The van der Waals surface area contributed by atoms with Crippen molar-refractivity contribution >= 4 is 35.0 Å². The Balaban J connectivity index is 1.55. The van der Waals surface area contributed by atoms with Crippen LogP contribution in [0.15, 0.2) is 84.0 Å². The largest absolute Gasteiger partial charge is 0.497 e. The van der Waals surface area contributed by atoms with E-state index in [1.54, 1.807) is 31.4 Å². The zero-order valence-electron chi connectivity index (χ0n) is 17.4. The molecule has 1 amide bonds. The molecule has 1 heterocycles. The van der Waals surface area contributed by atoms with Crippen LogP contribution in [0.5, 0.6) is 5.75 Å². The van der Waals surface area contributed by atoms with Crippen LogP contribution in [-0.2, 0) is 11.2 Å². The third kappa shape index (κ3) is 5.49. The number of thioether (sulfide) groups is 1. The molecule has 162 valence electrons. The lowest BCUT2D eigenvalue weighted by molar-refractivity contribution is -0.113. The minimum Gasteiger partial charge on any atom is -0.497 e. The van der Waals surface area contributed by atoms with Gasteiger partial charge < -0.3 is 10.1 Å². The van der Waals surface area contributed by atoms with E-state index >= 15 is 0 Å². The first-order chi connectivity index (χ1) is 15.6. The predicted molar refractivity (Wildman–Crippen MR) is 128 cm³/mol. The summed E-state index contributed by atoms with van der Waals surface area (Å²) in [6, 6.07) is 24.8. The Morgan fingerprint density at radius 3 is 2.53 bits per heavy atom. The van der Waals surface area contributed by atoms with Gasteiger partial charge in [-0.05, 0) is 48.0 Å². The summed E-state index contributed by atoms with van der Waals surface area (Å²) in [5.74, 6) is 1.60. The molecule has 4 aromatic rings. The van der Waals surface area contributed by atoms with Crippen LogP contribution >= 0.6 is 23.4 Å². The van der Waals surface area contributed by atoms with Crippen molar-refractivity contribution in [3.8, 4) is 11.4 Å². The van der Waals surface area contributed by atoms with Gasteiger partial charge in [0.1, 0.15) is 11.6 Å². The van der Waals surface area contributed by atoms with E-state index < -0.39 is 0 Å². The predicted octanol–water partition coefficient (Wildman–Crippen LogP) is 5.25. The van der Waals surface area contributed by atoms with Crippen molar-refractivity contribution in [2.75, 3.05) is 18.2 Å². The molecule has 32 heavy (non-hydrogen) atoms. The van der Waals surface area contributed by atoms with Crippen molar-refractivity contribution in [2.24, 2.45) is 0 Å². The molecule has 0 unspecified atom stereocenters. The Bertz CT molecular complexity index is 1200. The van der Waals surface area contributed by atoms with Crippen LogP contribution in [0, 0.1) is 0 Å². The molecule has 0 aliphatic carbocycles. The van der Waals surface area contributed by atoms with Crippen LogP contribution in [0.25, 0.3) is 5.69 Å². The number of ether oxygens (including phenoxy) is 1. The van der Waals surface area contributed by atoms with Crippen LogP contribution in [0.4, 0.5) is 5.69 Å². The molecular weight excluding hydrogens is 444 g/mol. The molecule has 8 heteroatoms. The minimum atomic E-state index is -0.147. The Morgan fingerprint density at radius 1 is 1.03 bits per heavy atom. The van der Waals surface area contributed by atoms with Gasteiger partial charge in [0.15, 0.2) is 5.16 Å². The van der Waals surface area contributed by atoms with E-state index in [9.17, 15) is 4.79 Å². The average molecular weight is 465 g/mol. The van der Waals surface area contributed by atoms with Gasteiger partial charge in [-0.25, -0.2) is 0 Å². The molecule has 0 bridgehead atoms. The summed E-state index contributed by atoms with van der Waals surface area (Å²) in [4.78, 5) is 12.5. The Hall–Kier alpha value is -3.29. The van der Waals surface area contributed by atoms with Crippen molar-refractivity contribution in [1.82, 2.24) is 14.8 Å². The highest BCUT2D eigenvalue weighted by molar-refractivity contribution is 7.99. The maximum atomic E-state index is 12.5. The first-order valence-corrected chi connectivity index (χ1v) is 11.3. The van der Waals surface area contributed by atoms with Gasteiger partial charge in [0.2, 0.25) is 5.91 Å². The molecule has 0 radical (unpaired) electrons. The SMILES string of the molecule is COc1ccc(-n2c(Cc3ccccc3)nnc2SCC(=O)Nc2cccc(Cl)c2)cc1. The highest BCUT2D eigenvalue weighted by atomic mass is 35.5. The lowest BCUT2D eigenvalue weighted by Crippen LogP contribution is -2.14. The van der Waals surface area contributed by atoms with E-state index in [0.29, 0.717) is 22.3 Å². The molecule has 0 aliphatic rings. The normalized spacial score (nSPS) is 10.7. The summed E-state index contributed by atoms with van der Waals surface area (Å²) >= 11 is 7.32. The second-order valence-electron chi connectivity index (χ2n) is 6.94. The topological polar surface area (TPSA) is 69.0 Å². The molecule has 1 aromatic heterocycles. The summed E-state index contributed by atoms with van der Waals surface area (Å²) in [6.07, 6.45) is 0.620. The number of carbonyl (C=O) groups is 1. The molecule has 0 saturated carbocycles. The maximum absolute atomic E-state index is 12.5. The molecular formula is C24H21ClN4O2S. The fourth-order valence-electron chi connectivity index (χ4n) is 3.17. The minimum absolute atomic E-state index is 0.147. The summed E-state index contributed by atoms with van der Waals surface area (Å²) < 4.78 is 7.25. The monoisotopic (exact) mass is 464 g/mol. The number of methoxy groups -OCH3 is 1. The van der Waals surface area contributed by atoms with Gasteiger partial charge in [0, 0.05) is 22.8 Å². The van der Waals surface area contributed by atoms with Gasteiger partial charge >= 0.3 is 0 Å². The van der Waals surface area contributed by atoms with Gasteiger partial charge in [-0.3, -0.25) is 9.36 Å². The summed E-state index contributed by atoms with van der Waals surface area (Å²) in [7, 11) is 1.63. The van der Waals surface area contributed by atoms with Crippen LogP contribution in [0.1, 0.15) is 11.4 Å². The number of aromatic nitrogens is 3. The van der Waals surface area contributed by atoms with Crippen molar-refractivity contribution in [3.05, 3.63) is 95.3 Å². The molecule has 6 nitrogen and oxygen atoms in total. The van der Waals surface area contributed by atoms with E-state index in [0.717, 1.165) is 22.8 Å². The number of nitrogens with one attached hydrogen (secondary N) is 1. The quantitative estimate of drug-likeness (QED) is 0.360. The number of rotatable bonds is 8. The fourth-order valence-corrected chi connectivity index (χ4v) is 4.13. The lowest BCUT2D eigenvalue weighted by atomic mass is 10.1. The molecule has 4 rings (SSSR count). The number of halogens is 1. The van der Waals surface area contributed by atoms with Crippen molar-refractivity contribution in [1.29, 1.82) is 0 Å². The fraction of sp³-hybridized carbons (Fsp3) is 0.125. The standard InChI is InChI=1S/C24H21ClN4O2S/c1-31-21-12-10-20(11-13-21)29-22(14-17-6-3-2-4-7-17)27-28-24(29)32-16-23(30)26-19-9-5-8-18(25)15-19/h2-13,15H,14,16H2,1H3,(H,26,30). The first kappa shape index (κ1) is 21.9. The van der Waals surface area contributed by atoms with Crippen molar-refractivity contribution in [3.63, 3.8) is 0 Å². The number of hydrogen-bond acceptors (Lipinski definition) is 5. The number of nitrogens with zero attached hydrogens (tertiary/aromatic N) is 3. The van der Waals surface area contributed by atoms with Crippen LogP contribution in [-0.4, -0.2) is 33.5 Å². The summed E-state index contributed by atoms with van der Waals surface area (Å²) in [5.41, 5.74) is 2.69. The maximum Gasteiger partial charge on any atom is 0.234 e. The molecule has 3 aromatic carbocycles. The third-order valence-electron chi connectivity index (χ3n) is 4.68. The van der Waals surface area contributed by atoms with Crippen molar-refractivity contribution in [2.45, 2.75) is 11.6 Å². The van der Waals surface area contributed by atoms with Gasteiger partial charge in [-0.1, -0.05) is 59.8 Å².